The molecule has 1 saturated carbocycles. The molecule has 7 nitrogen and oxygen atoms in total. The average Bonchev–Trinajstić information content (AvgIpc) is 3.20. The quantitative estimate of drug-likeness (QED) is 0.624. The number of ether oxygens (including phenoxy) is 3. The Morgan fingerprint density at radius 1 is 1.06 bits per heavy atom. The zero-order valence-corrected chi connectivity index (χ0v) is 20.6. The summed E-state index contributed by atoms with van der Waals surface area (Å²) in [5, 5.41) is 3.17. The lowest BCUT2D eigenvalue weighted by atomic mass is 9.95. The third-order valence-electron chi connectivity index (χ3n) is 6.17. The number of hydrogen-bond donors (Lipinski definition) is 1. The zero-order chi connectivity index (χ0) is 23.3. The molecular weight excluding hydrogens is 428 g/mol. The van der Waals surface area contributed by atoms with Gasteiger partial charge in [0.1, 0.15) is 6.04 Å². The number of methoxy groups -OCH3 is 3. The molecule has 3 rings (SSSR count). The van der Waals surface area contributed by atoms with Crippen LogP contribution in [0.2, 0.25) is 0 Å². The van der Waals surface area contributed by atoms with E-state index in [2.05, 4.69) is 19.2 Å². The Bertz CT molecular complexity index is 785. The molecule has 1 aliphatic heterocycles. The van der Waals surface area contributed by atoms with Gasteiger partial charge in [-0.15, -0.1) is 11.8 Å². The lowest BCUT2D eigenvalue weighted by Gasteiger charge is -2.32. The highest BCUT2D eigenvalue weighted by molar-refractivity contribution is 8.00. The topological polar surface area (TPSA) is 77.1 Å². The van der Waals surface area contributed by atoms with Gasteiger partial charge in [-0.1, -0.05) is 33.1 Å². The summed E-state index contributed by atoms with van der Waals surface area (Å²) in [6.45, 7) is 4.27. The highest BCUT2D eigenvalue weighted by Crippen LogP contribution is 2.40. The van der Waals surface area contributed by atoms with Gasteiger partial charge in [0.05, 0.1) is 26.7 Å². The van der Waals surface area contributed by atoms with Crippen LogP contribution < -0.4 is 19.5 Å². The molecule has 1 aromatic rings. The smallest absolute Gasteiger partial charge is 0.255 e. The van der Waals surface area contributed by atoms with E-state index in [9.17, 15) is 9.59 Å². The van der Waals surface area contributed by atoms with Crippen molar-refractivity contribution in [3.8, 4) is 17.2 Å². The molecule has 1 aliphatic carbocycles. The monoisotopic (exact) mass is 464 g/mol. The van der Waals surface area contributed by atoms with Gasteiger partial charge in [-0.2, -0.15) is 0 Å². The first-order chi connectivity index (χ1) is 15.4. The van der Waals surface area contributed by atoms with Crippen LogP contribution >= 0.6 is 11.8 Å². The number of amides is 2. The van der Waals surface area contributed by atoms with Crippen molar-refractivity contribution in [1.82, 2.24) is 10.2 Å². The molecule has 2 unspecified atom stereocenters. The Morgan fingerprint density at radius 2 is 1.69 bits per heavy atom. The van der Waals surface area contributed by atoms with Gasteiger partial charge in [0.25, 0.3) is 5.91 Å². The predicted molar refractivity (Wildman–Crippen MR) is 127 cm³/mol. The van der Waals surface area contributed by atoms with E-state index >= 15 is 0 Å². The van der Waals surface area contributed by atoms with Crippen LogP contribution in [0.25, 0.3) is 0 Å². The predicted octanol–water partition coefficient (Wildman–Crippen LogP) is 4.09. The number of nitrogens with zero attached hydrogens (tertiary/aromatic N) is 1. The molecule has 0 radical (unpaired) electrons. The van der Waals surface area contributed by atoms with Crippen molar-refractivity contribution in [3.63, 3.8) is 0 Å². The second kappa shape index (κ2) is 11.2. The summed E-state index contributed by atoms with van der Waals surface area (Å²) >= 11 is 1.68. The van der Waals surface area contributed by atoms with Gasteiger partial charge in [0.15, 0.2) is 11.5 Å². The van der Waals surface area contributed by atoms with Gasteiger partial charge in [-0.25, -0.2) is 0 Å². The van der Waals surface area contributed by atoms with Crippen molar-refractivity contribution >= 4 is 23.6 Å². The zero-order valence-electron chi connectivity index (χ0n) is 19.8. The van der Waals surface area contributed by atoms with Gasteiger partial charge >= 0.3 is 0 Å². The number of rotatable bonds is 8. The summed E-state index contributed by atoms with van der Waals surface area (Å²) in [4.78, 5) is 28.8. The minimum absolute atomic E-state index is 0.0450. The Labute approximate surface area is 195 Å². The van der Waals surface area contributed by atoms with Gasteiger partial charge in [-0.3, -0.25) is 9.59 Å². The third-order valence-corrected chi connectivity index (χ3v) is 7.48. The van der Waals surface area contributed by atoms with Gasteiger partial charge in [0, 0.05) is 17.4 Å². The van der Waals surface area contributed by atoms with E-state index < -0.39 is 6.04 Å². The van der Waals surface area contributed by atoms with E-state index in [1.165, 1.54) is 27.8 Å². The number of thioether (sulfide) groups is 1. The Hall–Kier alpha value is -2.09. The summed E-state index contributed by atoms with van der Waals surface area (Å²) in [6.07, 6.45) is 6.38. The van der Waals surface area contributed by atoms with E-state index in [1.54, 1.807) is 28.8 Å². The van der Waals surface area contributed by atoms with E-state index in [0.29, 0.717) is 34.5 Å². The second-order valence-corrected chi connectivity index (χ2v) is 10.1. The van der Waals surface area contributed by atoms with Crippen LogP contribution in [0.5, 0.6) is 17.2 Å². The number of carbonyl (C=O) groups is 2. The first-order valence-electron chi connectivity index (χ1n) is 11.4. The van der Waals surface area contributed by atoms with Crippen molar-refractivity contribution in [2.45, 2.75) is 69.8 Å². The van der Waals surface area contributed by atoms with Crippen molar-refractivity contribution in [2.75, 3.05) is 27.1 Å². The van der Waals surface area contributed by atoms with Gasteiger partial charge < -0.3 is 24.4 Å². The first-order valence-corrected chi connectivity index (χ1v) is 12.5. The highest BCUT2D eigenvalue weighted by atomic mass is 32.2. The van der Waals surface area contributed by atoms with Crippen LogP contribution in [-0.2, 0) is 4.79 Å². The molecule has 32 heavy (non-hydrogen) atoms. The molecule has 0 spiro atoms. The first kappa shape index (κ1) is 24.6. The fourth-order valence-corrected chi connectivity index (χ4v) is 6.16. The Balaban J connectivity index is 1.89. The molecule has 0 aromatic heterocycles. The maximum Gasteiger partial charge on any atom is 0.255 e. The molecule has 2 aliphatic rings. The van der Waals surface area contributed by atoms with E-state index in [-0.39, 0.29) is 23.2 Å². The Kier molecular flexibility index (Phi) is 8.57. The molecule has 1 saturated heterocycles. The molecule has 0 bridgehead atoms. The molecule has 1 heterocycles. The summed E-state index contributed by atoms with van der Waals surface area (Å²) < 4.78 is 16.3. The lowest BCUT2D eigenvalue weighted by molar-refractivity contribution is -0.125. The van der Waals surface area contributed by atoms with Crippen molar-refractivity contribution in [1.29, 1.82) is 0 Å². The lowest BCUT2D eigenvalue weighted by Crippen LogP contribution is -2.52. The fraction of sp³-hybridized carbons (Fsp3) is 0.667. The number of carbonyl (C=O) groups excluding carboxylic acids is 2. The molecule has 8 heteroatoms. The van der Waals surface area contributed by atoms with Crippen molar-refractivity contribution in [3.05, 3.63) is 17.7 Å². The standard InChI is InChI=1S/C24H36N2O5S/c1-15(2)11-21-26(18(14-32-21)23(27)25-17-9-7-6-8-10-17)24(28)16-12-19(29-3)22(31-5)20(13-16)30-4/h12-13,15,17-18,21H,6-11,14H2,1-5H3,(H,25,27). The number of nitrogens with one attached hydrogen (secondary N) is 1. The molecular formula is C24H36N2O5S. The Morgan fingerprint density at radius 3 is 2.22 bits per heavy atom. The maximum absolute atomic E-state index is 13.8. The highest BCUT2D eigenvalue weighted by Gasteiger charge is 2.42. The van der Waals surface area contributed by atoms with Gasteiger partial charge in [0.2, 0.25) is 11.7 Å². The van der Waals surface area contributed by atoms with Gasteiger partial charge in [-0.05, 0) is 37.3 Å². The van der Waals surface area contributed by atoms with Crippen molar-refractivity contribution < 1.29 is 23.8 Å². The molecule has 2 atom stereocenters. The van der Waals surface area contributed by atoms with Crippen LogP contribution in [0.15, 0.2) is 12.1 Å². The molecule has 1 aromatic carbocycles. The third kappa shape index (κ3) is 5.45. The number of hydrogen-bond acceptors (Lipinski definition) is 6. The fourth-order valence-electron chi connectivity index (χ4n) is 4.52. The van der Waals surface area contributed by atoms with E-state index in [1.807, 2.05) is 0 Å². The summed E-state index contributed by atoms with van der Waals surface area (Å²) in [5.41, 5.74) is 0.422. The summed E-state index contributed by atoms with van der Waals surface area (Å²) in [6, 6.07) is 3.05. The normalized spacial score (nSPS) is 21.5. The summed E-state index contributed by atoms with van der Waals surface area (Å²) in [7, 11) is 4.59. The van der Waals surface area contributed by atoms with Crippen LogP contribution in [0, 0.1) is 5.92 Å². The van der Waals surface area contributed by atoms with Crippen LogP contribution in [0.4, 0.5) is 0 Å². The minimum atomic E-state index is -0.489. The van der Waals surface area contributed by atoms with E-state index in [4.69, 9.17) is 14.2 Å². The SMILES string of the molecule is COc1cc(C(=O)N2C(CC(C)C)SCC2C(=O)NC2CCCCC2)cc(OC)c1OC. The molecule has 2 fully saturated rings. The van der Waals surface area contributed by atoms with Crippen LogP contribution in [0.1, 0.15) is 62.7 Å². The summed E-state index contributed by atoms with van der Waals surface area (Å²) in [5.74, 6) is 2.05. The van der Waals surface area contributed by atoms with E-state index in [0.717, 1.165) is 32.1 Å². The maximum atomic E-state index is 13.8. The largest absolute Gasteiger partial charge is 0.493 e. The average molecular weight is 465 g/mol. The molecule has 2 amide bonds. The van der Waals surface area contributed by atoms with Crippen LogP contribution in [-0.4, -0.2) is 61.3 Å². The van der Waals surface area contributed by atoms with Crippen molar-refractivity contribution in [2.24, 2.45) is 5.92 Å². The second-order valence-electron chi connectivity index (χ2n) is 8.90. The van der Waals surface area contributed by atoms with Crippen LogP contribution in [0.3, 0.4) is 0 Å². The number of benzene rings is 1. The molecule has 178 valence electrons. The molecule has 1 N–H and O–H groups in total. The minimum Gasteiger partial charge on any atom is -0.493 e.